The fourth-order valence-electron chi connectivity index (χ4n) is 2.55. The normalized spacial score (nSPS) is 10.9. The van der Waals surface area contributed by atoms with Gasteiger partial charge in [-0.3, -0.25) is 9.89 Å². The fraction of sp³-hybridized carbons (Fsp3) is 0.0556. The first kappa shape index (κ1) is 15.1. The van der Waals surface area contributed by atoms with E-state index in [1.54, 1.807) is 22.7 Å². The highest BCUT2D eigenvalue weighted by Gasteiger charge is 2.11. The summed E-state index contributed by atoms with van der Waals surface area (Å²) >= 11 is 0. The Balaban J connectivity index is 1.45. The smallest absolute Gasteiger partial charge is 0.269 e. The summed E-state index contributed by atoms with van der Waals surface area (Å²) in [5.74, 6) is -0.595. The highest BCUT2D eigenvalue weighted by Crippen LogP contribution is 2.18. The minimum atomic E-state index is -0.315. The Morgan fingerprint density at radius 3 is 2.80 bits per heavy atom. The standard InChI is InChI=1S/C18H14FN5O/c19-13-6-4-12(5-7-13)16-10-17(22-21-16)18(25)20-11-14-9-15-3-1-2-8-24(15)23-14/h1-10H,11H2,(H,20,25)(H,21,22). The number of amides is 1. The van der Waals surface area contributed by atoms with Crippen molar-refractivity contribution in [3.63, 3.8) is 0 Å². The summed E-state index contributed by atoms with van der Waals surface area (Å²) in [6.45, 7) is 0.311. The van der Waals surface area contributed by atoms with Crippen LogP contribution >= 0.6 is 0 Å². The Morgan fingerprint density at radius 1 is 1.16 bits per heavy atom. The van der Waals surface area contributed by atoms with Crippen molar-refractivity contribution in [3.8, 4) is 11.3 Å². The lowest BCUT2D eigenvalue weighted by Crippen LogP contribution is -2.23. The molecule has 0 atom stereocenters. The first-order chi connectivity index (χ1) is 12.2. The third kappa shape index (κ3) is 3.12. The van der Waals surface area contributed by atoms with Crippen LogP contribution in [0.15, 0.2) is 60.8 Å². The van der Waals surface area contributed by atoms with Crippen molar-refractivity contribution in [2.24, 2.45) is 0 Å². The molecule has 1 aromatic carbocycles. The van der Waals surface area contributed by atoms with Gasteiger partial charge >= 0.3 is 0 Å². The number of hydrogen-bond donors (Lipinski definition) is 2. The molecular weight excluding hydrogens is 321 g/mol. The summed E-state index contributed by atoms with van der Waals surface area (Å²) in [6, 6.07) is 15.3. The van der Waals surface area contributed by atoms with E-state index >= 15 is 0 Å². The molecule has 6 nitrogen and oxygen atoms in total. The molecule has 3 heterocycles. The summed E-state index contributed by atoms with van der Waals surface area (Å²) in [5.41, 5.74) is 3.38. The molecule has 0 saturated carbocycles. The molecule has 0 spiro atoms. The largest absolute Gasteiger partial charge is 0.345 e. The summed E-state index contributed by atoms with van der Waals surface area (Å²) < 4.78 is 14.7. The molecule has 0 aliphatic rings. The summed E-state index contributed by atoms with van der Waals surface area (Å²) in [6.07, 6.45) is 1.85. The van der Waals surface area contributed by atoms with Gasteiger partial charge in [-0.05, 0) is 48.5 Å². The van der Waals surface area contributed by atoms with Gasteiger partial charge in [0.05, 0.1) is 23.4 Å². The first-order valence-electron chi connectivity index (χ1n) is 7.72. The Labute approximate surface area is 142 Å². The Hall–Kier alpha value is -3.48. The molecule has 3 aromatic heterocycles. The van der Waals surface area contributed by atoms with Gasteiger partial charge in [-0.25, -0.2) is 8.91 Å². The monoisotopic (exact) mass is 335 g/mol. The maximum atomic E-state index is 13.0. The quantitative estimate of drug-likeness (QED) is 0.602. The van der Waals surface area contributed by atoms with E-state index in [0.717, 1.165) is 16.8 Å². The van der Waals surface area contributed by atoms with Crippen LogP contribution in [-0.2, 0) is 6.54 Å². The van der Waals surface area contributed by atoms with Crippen LogP contribution in [0.1, 0.15) is 16.2 Å². The van der Waals surface area contributed by atoms with Gasteiger partial charge in [0.1, 0.15) is 11.5 Å². The van der Waals surface area contributed by atoms with E-state index in [-0.39, 0.29) is 11.7 Å². The molecule has 0 unspecified atom stereocenters. The predicted octanol–water partition coefficient (Wildman–Crippen LogP) is 2.79. The zero-order chi connectivity index (χ0) is 17.2. The van der Waals surface area contributed by atoms with Gasteiger partial charge < -0.3 is 5.32 Å². The van der Waals surface area contributed by atoms with E-state index in [9.17, 15) is 9.18 Å². The molecule has 25 heavy (non-hydrogen) atoms. The number of benzene rings is 1. The SMILES string of the molecule is O=C(NCc1cc2ccccn2n1)c1cc(-c2ccc(F)cc2)n[nH]1. The second kappa shape index (κ2) is 6.20. The third-order valence-corrected chi connectivity index (χ3v) is 3.81. The van der Waals surface area contributed by atoms with Gasteiger partial charge in [0.25, 0.3) is 5.91 Å². The van der Waals surface area contributed by atoms with Gasteiger partial charge in [-0.2, -0.15) is 10.2 Å². The molecular formula is C18H14FN5O. The lowest BCUT2D eigenvalue weighted by molar-refractivity contribution is 0.0945. The molecule has 4 aromatic rings. The van der Waals surface area contributed by atoms with Crippen molar-refractivity contribution >= 4 is 11.4 Å². The van der Waals surface area contributed by atoms with Crippen molar-refractivity contribution in [2.75, 3.05) is 0 Å². The van der Waals surface area contributed by atoms with Crippen LogP contribution in [0.2, 0.25) is 0 Å². The van der Waals surface area contributed by atoms with Gasteiger partial charge in [0, 0.05) is 11.8 Å². The molecule has 0 radical (unpaired) electrons. The zero-order valence-electron chi connectivity index (χ0n) is 13.1. The van der Waals surface area contributed by atoms with Crippen molar-refractivity contribution in [1.82, 2.24) is 25.1 Å². The molecule has 7 heteroatoms. The van der Waals surface area contributed by atoms with Crippen molar-refractivity contribution in [3.05, 3.63) is 78.0 Å². The fourth-order valence-corrected chi connectivity index (χ4v) is 2.55. The highest BCUT2D eigenvalue weighted by molar-refractivity contribution is 5.93. The van der Waals surface area contributed by atoms with E-state index < -0.39 is 0 Å². The molecule has 4 rings (SSSR count). The van der Waals surface area contributed by atoms with Crippen LogP contribution in [0.25, 0.3) is 16.8 Å². The number of pyridine rings is 1. The topological polar surface area (TPSA) is 75.1 Å². The summed E-state index contributed by atoms with van der Waals surface area (Å²) in [5, 5.41) is 14.0. The number of nitrogens with zero attached hydrogens (tertiary/aromatic N) is 3. The van der Waals surface area contributed by atoms with E-state index in [4.69, 9.17) is 0 Å². The number of carbonyl (C=O) groups is 1. The maximum absolute atomic E-state index is 13.0. The number of H-pyrrole nitrogens is 1. The third-order valence-electron chi connectivity index (χ3n) is 3.81. The second-order valence-electron chi connectivity index (χ2n) is 5.56. The summed E-state index contributed by atoms with van der Waals surface area (Å²) in [4.78, 5) is 12.3. The number of nitrogens with one attached hydrogen (secondary N) is 2. The van der Waals surface area contributed by atoms with Crippen molar-refractivity contribution in [1.29, 1.82) is 0 Å². The van der Waals surface area contributed by atoms with Crippen LogP contribution in [0, 0.1) is 5.82 Å². The molecule has 124 valence electrons. The minimum absolute atomic E-state index is 0.280. The van der Waals surface area contributed by atoms with Crippen LogP contribution in [0.3, 0.4) is 0 Å². The lowest BCUT2D eigenvalue weighted by Gasteiger charge is -1.99. The first-order valence-corrected chi connectivity index (χ1v) is 7.72. The molecule has 2 N–H and O–H groups in total. The van der Waals surface area contributed by atoms with Gasteiger partial charge in [0.15, 0.2) is 0 Å². The number of aromatic amines is 1. The predicted molar refractivity (Wildman–Crippen MR) is 90.3 cm³/mol. The minimum Gasteiger partial charge on any atom is -0.345 e. The number of rotatable bonds is 4. The number of aromatic nitrogens is 4. The van der Waals surface area contributed by atoms with Gasteiger partial charge in [-0.15, -0.1) is 0 Å². The van der Waals surface area contributed by atoms with Gasteiger partial charge in [0.2, 0.25) is 0 Å². The number of carbonyl (C=O) groups excluding carboxylic acids is 1. The van der Waals surface area contributed by atoms with E-state index in [1.165, 1.54) is 12.1 Å². The second-order valence-corrected chi connectivity index (χ2v) is 5.56. The molecule has 0 aliphatic heterocycles. The van der Waals surface area contributed by atoms with Crippen LogP contribution in [0.4, 0.5) is 4.39 Å². The Kier molecular flexibility index (Phi) is 3.74. The van der Waals surface area contributed by atoms with Crippen LogP contribution < -0.4 is 5.32 Å². The molecule has 0 aliphatic carbocycles. The van der Waals surface area contributed by atoms with E-state index in [0.29, 0.717) is 17.9 Å². The Morgan fingerprint density at radius 2 is 2.00 bits per heavy atom. The van der Waals surface area contributed by atoms with Crippen LogP contribution in [0.5, 0.6) is 0 Å². The molecule has 0 bridgehead atoms. The summed E-state index contributed by atoms with van der Waals surface area (Å²) in [7, 11) is 0. The zero-order valence-corrected chi connectivity index (χ0v) is 13.1. The average molecular weight is 335 g/mol. The van der Waals surface area contributed by atoms with E-state index in [1.807, 2.05) is 30.5 Å². The van der Waals surface area contributed by atoms with Crippen molar-refractivity contribution < 1.29 is 9.18 Å². The number of hydrogen-bond acceptors (Lipinski definition) is 3. The Bertz CT molecular complexity index is 1000. The van der Waals surface area contributed by atoms with Gasteiger partial charge in [-0.1, -0.05) is 6.07 Å². The van der Waals surface area contributed by atoms with Crippen LogP contribution in [-0.4, -0.2) is 25.7 Å². The molecule has 1 amide bonds. The van der Waals surface area contributed by atoms with Crippen molar-refractivity contribution in [2.45, 2.75) is 6.54 Å². The van der Waals surface area contributed by atoms with E-state index in [2.05, 4.69) is 20.6 Å². The highest BCUT2D eigenvalue weighted by atomic mass is 19.1. The average Bonchev–Trinajstić information content (AvgIpc) is 3.27. The maximum Gasteiger partial charge on any atom is 0.269 e. The molecule has 0 fully saturated rings. The number of halogens is 1. The number of fused-ring (bicyclic) bond motifs is 1. The molecule has 0 saturated heterocycles. The lowest BCUT2D eigenvalue weighted by atomic mass is 10.1.